The molecule has 14 heavy (non-hydrogen) atoms. The summed E-state index contributed by atoms with van der Waals surface area (Å²) in [5, 5.41) is 4.39. The first-order valence-electron chi connectivity index (χ1n) is 5.13. The van der Waals surface area contributed by atoms with Gasteiger partial charge in [0.05, 0.1) is 5.69 Å². The van der Waals surface area contributed by atoms with Crippen molar-refractivity contribution in [2.75, 3.05) is 18.0 Å². The van der Waals surface area contributed by atoms with Crippen molar-refractivity contribution in [1.29, 1.82) is 0 Å². The van der Waals surface area contributed by atoms with E-state index in [0.29, 0.717) is 6.54 Å². The molecule has 1 aromatic heterocycles. The summed E-state index contributed by atoms with van der Waals surface area (Å²) in [6.45, 7) is 8.84. The molecule has 0 fully saturated rings. The van der Waals surface area contributed by atoms with Crippen molar-refractivity contribution in [1.82, 2.24) is 9.78 Å². The molecule has 0 atom stereocenters. The lowest BCUT2D eigenvalue weighted by molar-refractivity contribution is 0.714. The normalized spacial score (nSPS) is 10.6. The molecule has 0 unspecified atom stereocenters. The van der Waals surface area contributed by atoms with Gasteiger partial charge in [-0.25, -0.2) is 0 Å². The third-order valence-corrected chi connectivity index (χ3v) is 2.58. The van der Waals surface area contributed by atoms with Gasteiger partial charge in [0.25, 0.3) is 0 Å². The molecule has 80 valence electrons. The van der Waals surface area contributed by atoms with Gasteiger partial charge >= 0.3 is 0 Å². The van der Waals surface area contributed by atoms with Gasteiger partial charge in [0.1, 0.15) is 5.82 Å². The van der Waals surface area contributed by atoms with Crippen LogP contribution < -0.4 is 10.6 Å². The van der Waals surface area contributed by atoms with E-state index >= 15 is 0 Å². The first kappa shape index (κ1) is 11.0. The standard InChI is InChI=1S/C10H20N4/c1-5-14(6-2)10-9(7-11)8(3)12-13(10)4/h5-7,11H2,1-4H3. The van der Waals surface area contributed by atoms with E-state index in [1.807, 2.05) is 18.7 Å². The van der Waals surface area contributed by atoms with E-state index in [2.05, 4.69) is 23.8 Å². The van der Waals surface area contributed by atoms with E-state index in [4.69, 9.17) is 5.73 Å². The SMILES string of the molecule is CCN(CC)c1c(CN)c(C)nn1C. The summed E-state index contributed by atoms with van der Waals surface area (Å²) in [7, 11) is 1.97. The Kier molecular flexibility index (Phi) is 3.52. The fourth-order valence-electron chi connectivity index (χ4n) is 1.85. The summed E-state index contributed by atoms with van der Waals surface area (Å²) in [4.78, 5) is 2.28. The molecular formula is C10H20N4. The number of hydrogen-bond acceptors (Lipinski definition) is 3. The average Bonchev–Trinajstić information content (AvgIpc) is 2.44. The average molecular weight is 196 g/mol. The molecule has 0 amide bonds. The highest BCUT2D eigenvalue weighted by molar-refractivity contribution is 5.49. The summed E-state index contributed by atoms with van der Waals surface area (Å²) >= 11 is 0. The van der Waals surface area contributed by atoms with Gasteiger partial charge in [-0.3, -0.25) is 4.68 Å². The number of anilines is 1. The number of nitrogens with two attached hydrogens (primary N) is 1. The zero-order valence-corrected chi connectivity index (χ0v) is 9.54. The van der Waals surface area contributed by atoms with Gasteiger partial charge < -0.3 is 10.6 Å². The second-order valence-electron chi connectivity index (χ2n) is 3.39. The summed E-state index contributed by atoms with van der Waals surface area (Å²) < 4.78 is 1.92. The Balaban J connectivity index is 3.16. The monoisotopic (exact) mass is 196 g/mol. The smallest absolute Gasteiger partial charge is 0.131 e. The highest BCUT2D eigenvalue weighted by Crippen LogP contribution is 2.22. The lowest BCUT2D eigenvalue weighted by atomic mass is 10.2. The lowest BCUT2D eigenvalue weighted by Gasteiger charge is -2.22. The molecule has 0 aliphatic carbocycles. The van der Waals surface area contributed by atoms with Crippen molar-refractivity contribution >= 4 is 5.82 Å². The number of rotatable bonds is 4. The highest BCUT2D eigenvalue weighted by atomic mass is 15.4. The minimum atomic E-state index is 0.561. The largest absolute Gasteiger partial charge is 0.357 e. The van der Waals surface area contributed by atoms with Gasteiger partial charge in [0.2, 0.25) is 0 Å². The fourth-order valence-corrected chi connectivity index (χ4v) is 1.85. The van der Waals surface area contributed by atoms with Crippen LogP contribution in [-0.2, 0) is 13.6 Å². The first-order chi connectivity index (χ1) is 6.65. The Morgan fingerprint density at radius 1 is 1.36 bits per heavy atom. The van der Waals surface area contributed by atoms with Crippen LogP contribution in [0.15, 0.2) is 0 Å². The van der Waals surface area contributed by atoms with Gasteiger partial charge in [0, 0.05) is 32.2 Å². The van der Waals surface area contributed by atoms with Crippen molar-refractivity contribution in [2.24, 2.45) is 12.8 Å². The number of nitrogens with zero attached hydrogens (tertiary/aromatic N) is 3. The molecule has 0 spiro atoms. The Bertz CT molecular complexity index is 299. The Hall–Kier alpha value is -1.03. The van der Waals surface area contributed by atoms with Crippen LogP contribution in [0.25, 0.3) is 0 Å². The molecule has 0 aromatic carbocycles. The molecule has 0 saturated heterocycles. The fraction of sp³-hybridized carbons (Fsp3) is 0.700. The molecule has 1 rings (SSSR count). The zero-order valence-electron chi connectivity index (χ0n) is 9.54. The topological polar surface area (TPSA) is 47.1 Å². The summed E-state index contributed by atoms with van der Waals surface area (Å²) in [6.07, 6.45) is 0. The van der Waals surface area contributed by atoms with Crippen molar-refractivity contribution in [2.45, 2.75) is 27.3 Å². The van der Waals surface area contributed by atoms with Crippen LogP contribution in [-0.4, -0.2) is 22.9 Å². The summed E-state index contributed by atoms with van der Waals surface area (Å²) in [5.74, 6) is 1.16. The molecule has 1 aromatic rings. The molecule has 0 saturated carbocycles. The maximum absolute atomic E-state index is 5.73. The van der Waals surface area contributed by atoms with E-state index in [9.17, 15) is 0 Å². The third kappa shape index (κ3) is 1.75. The molecule has 4 nitrogen and oxygen atoms in total. The van der Waals surface area contributed by atoms with E-state index in [0.717, 1.165) is 30.2 Å². The molecule has 0 radical (unpaired) electrons. The van der Waals surface area contributed by atoms with Gasteiger partial charge in [-0.1, -0.05) is 0 Å². The molecule has 0 aliphatic heterocycles. The summed E-state index contributed by atoms with van der Waals surface area (Å²) in [6, 6.07) is 0. The Morgan fingerprint density at radius 2 is 1.93 bits per heavy atom. The van der Waals surface area contributed by atoms with Gasteiger partial charge in [-0.05, 0) is 20.8 Å². The maximum Gasteiger partial charge on any atom is 0.131 e. The van der Waals surface area contributed by atoms with Gasteiger partial charge in [-0.15, -0.1) is 0 Å². The number of hydrogen-bond donors (Lipinski definition) is 1. The van der Waals surface area contributed by atoms with Crippen LogP contribution in [0.3, 0.4) is 0 Å². The Morgan fingerprint density at radius 3 is 2.36 bits per heavy atom. The predicted octanol–water partition coefficient (Wildman–Crippen LogP) is 1.03. The minimum absolute atomic E-state index is 0.561. The van der Waals surface area contributed by atoms with Crippen LogP contribution in [0.4, 0.5) is 5.82 Å². The van der Waals surface area contributed by atoms with Crippen LogP contribution >= 0.6 is 0 Å². The molecule has 0 aliphatic rings. The van der Waals surface area contributed by atoms with Crippen LogP contribution in [0.1, 0.15) is 25.1 Å². The van der Waals surface area contributed by atoms with Crippen molar-refractivity contribution in [3.63, 3.8) is 0 Å². The molecule has 2 N–H and O–H groups in total. The quantitative estimate of drug-likeness (QED) is 0.782. The van der Waals surface area contributed by atoms with E-state index in [1.54, 1.807) is 0 Å². The van der Waals surface area contributed by atoms with E-state index in [-0.39, 0.29) is 0 Å². The van der Waals surface area contributed by atoms with E-state index < -0.39 is 0 Å². The zero-order chi connectivity index (χ0) is 10.7. The highest BCUT2D eigenvalue weighted by Gasteiger charge is 2.15. The van der Waals surface area contributed by atoms with Crippen LogP contribution in [0.2, 0.25) is 0 Å². The van der Waals surface area contributed by atoms with Crippen LogP contribution in [0, 0.1) is 6.92 Å². The second-order valence-corrected chi connectivity index (χ2v) is 3.39. The van der Waals surface area contributed by atoms with E-state index in [1.165, 1.54) is 0 Å². The minimum Gasteiger partial charge on any atom is -0.357 e. The maximum atomic E-state index is 5.73. The lowest BCUT2D eigenvalue weighted by Crippen LogP contribution is -2.25. The summed E-state index contributed by atoms with van der Waals surface area (Å²) in [5.41, 5.74) is 7.93. The van der Waals surface area contributed by atoms with Gasteiger partial charge in [-0.2, -0.15) is 5.10 Å². The van der Waals surface area contributed by atoms with Crippen LogP contribution in [0.5, 0.6) is 0 Å². The van der Waals surface area contributed by atoms with Crippen molar-refractivity contribution in [3.8, 4) is 0 Å². The molecular weight excluding hydrogens is 176 g/mol. The number of aromatic nitrogens is 2. The van der Waals surface area contributed by atoms with Gasteiger partial charge in [0.15, 0.2) is 0 Å². The van der Waals surface area contributed by atoms with Crippen molar-refractivity contribution in [3.05, 3.63) is 11.3 Å². The first-order valence-corrected chi connectivity index (χ1v) is 5.13. The van der Waals surface area contributed by atoms with Crippen molar-refractivity contribution < 1.29 is 0 Å². The number of aryl methyl sites for hydroxylation is 2. The molecule has 1 heterocycles. The Labute approximate surface area is 85.7 Å². The third-order valence-electron chi connectivity index (χ3n) is 2.58. The second kappa shape index (κ2) is 4.46. The molecule has 4 heteroatoms. The molecule has 0 bridgehead atoms. The predicted molar refractivity (Wildman–Crippen MR) is 59.4 cm³/mol.